The second kappa shape index (κ2) is 5.80. The summed E-state index contributed by atoms with van der Waals surface area (Å²) in [6.07, 6.45) is 0.789. The zero-order valence-corrected chi connectivity index (χ0v) is 15.6. The molecule has 4 nitrogen and oxygen atoms in total. The molecule has 3 aliphatic heterocycles. The Balaban J connectivity index is 1.63. The number of carboxylic acid groups (broad SMARTS) is 1. The minimum absolute atomic E-state index is 0.189. The molecule has 0 bridgehead atoms. The topological polar surface area (TPSA) is 46.6 Å². The molecule has 0 saturated carbocycles. The summed E-state index contributed by atoms with van der Waals surface area (Å²) in [7, 11) is 0. The van der Waals surface area contributed by atoms with E-state index in [0.29, 0.717) is 29.2 Å². The molecule has 3 aliphatic rings. The molecule has 5 rings (SSSR count). The number of likely N-dealkylation sites (tertiary alicyclic amines) is 1. The van der Waals surface area contributed by atoms with Gasteiger partial charge in [0.25, 0.3) is 0 Å². The minimum Gasteiger partial charge on any atom is -0.530 e. The lowest BCUT2D eigenvalue weighted by atomic mass is 9.86. The van der Waals surface area contributed by atoms with Crippen LogP contribution in [0.2, 0.25) is 10.0 Å². The Bertz CT molecular complexity index is 930. The minimum atomic E-state index is -1.07. The number of carbonyl (C=O) groups is 1. The van der Waals surface area contributed by atoms with Gasteiger partial charge in [-0.1, -0.05) is 23.2 Å². The van der Waals surface area contributed by atoms with Crippen LogP contribution in [-0.2, 0) is 6.42 Å². The molecule has 2 aromatic carbocycles. The zero-order valence-electron chi connectivity index (χ0n) is 14.0. The summed E-state index contributed by atoms with van der Waals surface area (Å²) in [5, 5.41) is 12.7. The van der Waals surface area contributed by atoms with Gasteiger partial charge >= 0.3 is 0 Å². The van der Waals surface area contributed by atoms with Crippen molar-refractivity contribution in [2.75, 3.05) is 24.5 Å². The van der Waals surface area contributed by atoms with Crippen molar-refractivity contribution >= 4 is 35.0 Å². The van der Waals surface area contributed by atoms with Gasteiger partial charge in [0.15, 0.2) is 0 Å². The van der Waals surface area contributed by atoms with Crippen LogP contribution in [0.3, 0.4) is 0 Å². The van der Waals surface area contributed by atoms with Crippen LogP contribution in [0.25, 0.3) is 11.1 Å². The van der Waals surface area contributed by atoms with Crippen molar-refractivity contribution in [1.82, 2.24) is 4.90 Å². The third-order valence-electron chi connectivity index (χ3n) is 6.00. The molecule has 26 heavy (non-hydrogen) atoms. The maximum Gasteiger partial charge on any atom is 0.136 e. The van der Waals surface area contributed by atoms with Gasteiger partial charge in [0, 0.05) is 52.9 Å². The Morgan fingerprint density at radius 1 is 1.15 bits per heavy atom. The number of amides is 1. The van der Waals surface area contributed by atoms with Gasteiger partial charge in [-0.05, 0) is 59.9 Å². The van der Waals surface area contributed by atoms with Gasteiger partial charge in [0.2, 0.25) is 0 Å². The summed E-state index contributed by atoms with van der Waals surface area (Å²) in [5.41, 5.74) is 5.85. The highest BCUT2D eigenvalue weighted by molar-refractivity contribution is 6.35. The fourth-order valence-electron chi connectivity index (χ4n) is 4.89. The molecule has 0 aliphatic carbocycles. The monoisotopic (exact) mass is 387 g/mol. The molecule has 2 aromatic rings. The summed E-state index contributed by atoms with van der Waals surface area (Å²) in [4.78, 5) is 15.3. The molecule has 1 fully saturated rings. The molecule has 2 atom stereocenters. The van der Waals surface area contributed by atoms with E-state index in [4.69, 9.17) is 23.2 Å². The summed E-state index contributed by atoms with van der Waals surface area (Å²) in [6, 6.07) is 10.3. The van der Waals surface area contributed by atoms with E-state index in [0.717, 1.165) is 30.5 Å². The number of nitrogens with zero attached hydrogens (tertiary/aromatic N) is 2. The van der Waals surface area contributed by atoms with E-state index in [2.05, 4.69) is 17.0 Å². The number of hydrogen-bond acceptors (Lipinski definition) is 3. The Hall–Kier alpha value is -1.91. The van der Waals surface area contributed by atoms with Gasteiger partial charge in [0.1, 0.15) is 6.09 Å². The summed E-state index contributed by atoms with van der Waals surface area (Å²) < 4.78 is 0. The first-order valence-electron chi connectivity index (χ1n) is 8.88. The number of fused-ring (bicyclic) bond motifs is 3. The lowest BCUT2D eigenvalue weighted by Crippen LogP contribution is -2.51. The molecule has 1 amide bonds. The first-order valence-corrected chi connectivity index (χ1v) is 9.63. The smallest absolute Gasteiger partial charge is 0.136 e. The number of hydrogen-bond donors (Lipinski definition) is 0. The maximum absolute atomic E-state index is 11.4. The number of benzene rings is 2. The van der Waals surface area contributed by atoms with Crippen LogP contribution in [0, 0.1) is 0 Å². The van der Waals surface area contributed by atoms with Gasteiger partial charge in [-0.25, -0.2) is 0 Å². The molecule has 0 radical (unpaired) electrons. The normalized spacial score (nSPS) is 23.2. The molecule has 1 saturated heterocycles. The van der Waals surface area contributed by atoms with E-state index in [1.165, 1.54) is 21.7 Å². The summed E-state index contributed by atoms with van der Waals surface area (Å²) in [6.45, 7) is 2.06. The van der Waals surface area contributed by atoms with E-state index in [9.17, 15) is 9.90 Å². The second-order valence-electron chi connectivity index (χ2n) is 7.32. The highest BCUT2D eigenvalue weighted by Gasteiger charge is 2.45. The van der Waals surface area contributed by atoms with E-state index in [-0.39, 0.29) is 5.92 Å². The van der Waals surface area contributed by atoms with E-state index in [1.807, 2.05) is 12.1 Å². The number of halogens is 2. The fraction of sp³-hybridized carbons (Fsp3) is 0.350. The average molecular weight is 388 g/mol. The van der Waals surface area contributed by atoms with Gasteiger partial charge in [-0.3, -0.25) is 0 Å². The highest BCUT2D eigenvalue weighted by Crippen LogP contribution is 2.51. The molecule has 3 heterocycles. The zero-order chi connectivity index (χ0) is 18.0. The van der Waals surface area contributed by atoms with Crippen molar-refractivity contribution in [2.24, 2.45) is 0 Å². The van der Waals surface area contributed by atoms with Crippen LogP contribution in [0.1, 0.15) is 23.5 Å². The molecular weight excluding hydrogens is 371 g/mol. The third kappa shape index (κ3) is 2.32. The number of piperidine rings is 1. The van der Waals surface area contributed by atoms with Crippen LogP contribution < -0.4 is 10.0 Å². The quantitative estimate of drug-likeness (QED) is 0.751. The van der Waals surface area contributed by atoms with Crippen molar-refractivity contribution in [3.63, 3.8) is 0 Å². The van der Waals surface area contributed by atoms with Crippen molar-refractivity contribution < 1.29 is 9.90 Å². The first-order chi connectivity index (χ1) is 12.5. The van der Waals surface area contributed by atoms with Crippen molar-refractivity contribution in [1.29, 1.82) is 0 Å². The predicted molar refractivity (Wildman–Crippen MR) is 101 cm³/mol. The Morgan fingerprint density at radius 3 is 2.81 bits per heavy atom. The number of carbonyl (C=O) groups excluding carboxylic acids is 1. The summed E-state index contributed by atoms with van der Waals surface area (Å²) in [5.74, 6) is 0.189. The van der Waals surface area contributed by atoms with Crippen LogP contribution in [0.4, 0.5) is 10.5 Å². The lowest BCUT2D eigenvalue weighted by Gasteiger charge is -2.39. The average Bonchev–Trinajstić information content (AvgIpc) is 3.19. The Labute approximate surface area is 161 Å². The van der Waals surface area contributed by atoms with Crippen LogP contribution in [-0.4, -0.2) is 36.7 Å². The SMILES string of the molecule is O=C([O-])N1CC[C@H]2[C@@H](C1)c1cc(-c3cc(Cl)ccc3Cl)cc3c1N2CC3. The standard InChI is InChI=1S/C20H18Cl2N2O2/c21-13-1-2-17(22)14(9-13)12-7-11-3-6-24-18-4-5-23(20(25)26)10-16(18)15(8-12)19(11)24/h1-2,7-9,16,18H,3-6,10H2,(H,25,26)/p-1/t16-,18-/m0/s1. The fourth-order valence-corrected chi connectivity index (χ4v) is 5.28. The van der Waals surface area contributed by atoms with Gasteiger partial charge in [-0.15, -0.1) is 0 Å². The van der Waals surface area contributed by atoms with Crippen molar-refractivity contribution in [3.05, 3.63) is 51.5 Å². The Kier molecular flexibility index (Phi) is 3.63. The predicted octanol–water partition coefficient (Wildman–Crippen LogP) is 3.54. The molecule has 0 spiro atoms. The van der Waals surface area contributed by atoms with Gasteiger partial charge < -0.3 is 19.7 Å². The molecular formula is C20H17Cl2N2O2-. The van der Waals surface area contributed by atoms with Gasteiger partial charge in [-0.2, -0.15) is 0 Å². The van der Waals surface area contributed by atoms with Gasteiger partial charge in [0.05, 0.1) is 0 Å². The largest absolute Gasteiger partial charge is 0.530 e. The molecule has 6 heteroatoms. The highest BCUT2D eigenvalue weighted by atomic mass is 35.5. The van der Waals surface area contributed by atoms with Crippen LogP contribution in [0.15, 0.2) is 30.3 Å². The van der Waals surface area contributed by atoms with E-state index in [1.54, 1.807) is 6.07 Å². The summed E-state index contributed by atoms with van der Waals surface area (Å²) >= 11 is 12.6. The first kappa shape index (κ1) is 16.3. The number of rotatable bonds is 1. The van der Waals surface area contributed by atoms with Crippen molar-refractivity contribution in [2.45, 2.75) is 24.8 Å². The molecule has 0 N–H and O–H groups in total. The third-order valence-corrected chi connectivity index (χ3v) is 6.57. The van der Waals surface area contributed by atoms with Crippen LogP contribution in [0.5, 0.6) is 0 Å². The number of anilines is 1. The van der Waals surface area contributed by atoms with Crippen molar-refractivity contribution in [3.8, 4) is 11.1 Å². The molecule has 0 unspecified atom stereocenters. The maximum atomic E-state index is 11.4. The Morgan fingerprint density at radius 2 is 2.00 bits per heavy atom. The van der Waals surface area contributed by atoms with E-state index >= 15 is 0 Å². The van der Waals surface area contributed by atoms with Crippen LogP contribution >= 0.6 is 23.2 Å². The molecule has 0 aromatic heterocycles. The molecule has 134 valence electrons. The lowest BCUT2D eigenvalue weighted by molar-refractivity contribution is -0.266. The second-order valence-corrected chi connectivity index (χ2v) is 8.16. The van der Waals surface area contributed by atoms with E-state index < -0.39 is 6.09 Å².